The van der Waals surface area contributed by atoms with Crippen molar-refractivity contribution in [2.45, 2.75) is 37.5 Å². The molecule has 0 bridgehead atoms. The first-order valence-electron chi connectivity index (χ1n) is 9.46. The summed E-state index contributed by atoms with van der Waals surface area (Å²) in [6, 6.07) is 13.6. The second-order valence-corrected chi connectivity index (χ2v) is 9.69. The number of rotatable bonds is 7. The van der Waals surface area contributed by atoms with E-state index in [0.29, 0.717) is 21.6 Å². The largest absolute Gasteiger partial charge is 0.493 e. The van der Waals surface area contributed by atoms with Crippen LogP contribution in [0.2, 0.25) is 0 Å². The van der Waals surface area contributed by atoms with E-state index in [4.69, 9.17) is 9.47 Å². The summed E-state index contributed by atoms with van der Waals surface area (Å²) < 4.78 is 11.7. The number of amides is 1. The van der Waals surface area contributed by atoms with Crippen LogP contribution in [0.3, 0.4) is 0 Å². The van der Waals surface area contributed by atoms with Crippen molar-refractivity contribution < 1.29 is 14.3 Å². The van der Waals surface area contributed by atoms with Crippen LogP contribution in [0.1, 0.15) is 52.9 Å². The van der Waals surface area contributed by atoms with Gasteiger partial charge in [-0.2, -0.15) is 0 Å². The Kier molecular flexibility index (Phi) is 7.18. The number of carbonyl (C=O) groups is 1. The fourth-order valence-corrected chi connectivity index (χ4v) is 5.87. The molecule has 1 atom stereocenters. The number of hydrogen-bond donors (Lipinski definition) is 1. The smallest absolute Gasteiger partial charge is 0.251 e. The Hall–Kier alpha value is -1.79. The monoisotopic (exact) mass is 417 g/mol. The van der Waals surface area contributed by atoms with Gasteiger partial charge in [-0.25, -0.2) is 0 Å². The van der Waals surface area contributed by atoms with E-state index < -0.39 is 0 Å². The highest BCUT2D eigenvalue weighted by atomic mass is 32.2. The molecule has 2 aromatic carbocycles. The highest BCUT2D eigenvalue weighted by molar-refractivity contribution is 8.19. The van der Waals surface area contributed by atoms with E-state index in [0.717, 1.165) is 5.56 Å². The van der Waals surface area contributed by atoms with Gasteiger partial charge in [-0.05, 0) is 56.2 Å². The number of thioether (sulfide) groups is 2. The average Bonchev–Trinajstić information content (AvgIpc) is 3.22. The van der Waals surface area contributed by atoms with Crippen LogP contribution in [0.25, 0.3) is 0 Å². The van der Waals surface area contributed by atoms with Crippen molar-refractivity contribution in [3.05, 3.63) is 59.2 Å². The van der Waals surface area contributed by atoms with Gasteiger partial charge in [0.05, 0.1) is 23.8 Å². The van der Waals surface area contributed by atoms with Crippen molar-refractivity contribution in [2.24, 2.45) is 0 Å². The Morgan fingerprint density at radius 2 is 1.71 bits per heavy atom. The molecule has 150 valence electrons. The maximum Gasteiger partial charge on any atom is 0.251 e. The van der Waals surface area contributed by atoms with Crippen LogP contribution in [-0.2, 0) is 0 Å². The van der Waals surface area contributed by atoms with E-state index in [1.54, 1.807) is 7.11 Å². The fraction of sp³-hybridized carbons (Fsp3) is 0.409. The van der Waals surface area contributed by atoms with Gasteiger partial charge in [-0.15, -0.1) is 23.5 Å². The zero-order valence-electron chi connectivity index (χ0n) is 16.7. The van der Waals surface area contributed by atoms with Crippen LogP contribution in [0.5, 0.6) is 11.5 Å². The molecule has 0 aromatic heterocycles. The van der Waals surface area contributed by atoms with Crippen molar-refractivity contribution in [1.82, 2.24) is 5.32 Å². The Morgan fingerprint density at radius 1 is 1.04 bits per heavy atom. The predicted molar refractivity (Wildman–Crippen MR) is 119 cm³/mol. The number of methoxy groups -OCH3 is 1. The number of ether oxygens (including phenoxy) is 2. The molecule has 1 aliphatic heterocycles. The van der Waals surface area contributed by atoms with Gasteiger partial charge in [-0.1, -0.05) is 18.2 Å². The standard InChI is InChI=1S/C22H27NO3S2/c1-14(2)26-19-10-9-18(13-20(19)25-4)15(3)23-21(24)16-5-7-17(8-6-16)22-27-11-12-28-22/h5-10,13-15,22H,11-12H2,1-4H3,(H,23,24). The third-order valence-corrected chi connectivity index (χ3v) is 7.57. The zero-order chi connectivity index (χ0) is 20.1. The lowest BCUT2D eigenvalue weighted by molar-refractivity contribution is 0.0940. The summed E-state index contributed by atoms with van der Waals surface area (Å²) in [5, 5.41) is 3.07. The zero-order valence-corrected chi connectivity index (χ0v) is 18.4. The molecule has 1 N–H and O–H groups in total. The second-order valence-electron chi connectivity index (χ2n) is 6.97. The summed E-state index contributed by atoms with van der Waals surface area (Å²) in [6.07, 6.45) is 0.0703. The predicted octanol–water partition coefficient (Wildman–Crippen LogP) is 5.45. The maximum atomic E-state index is 12.7. The lowest BCUT2D eigenvalue weighted by Gasteiger charge is -2.18. The van der Waals surface area contributed by atoms with Crippen molar-refractivity contribution in [2.75, 3.05) is 18.6 Å². The molecule has 0 aliphatic carbocycles. The summed E-state index contributed by atoms with van der Waals surface area (Å²) in [5.74, 6) is 3.69. The molecule has 3 rings (SSSR count). The highest BCUT2D eigenvalue weighted by Crippen LogP contribution is 2.45. The van der Waals surface area contributed by atoms with Gasteiger partial charge in [0.1, 0.15) is 0 Å². The molecule has 1 unspecified atom stereocenters. The minimum absolute atomic E-state index is 0.0703. The average molecular weight is 418 g/mol. The Bertz CT molecular complexity index is 802. The van der Waals surface area contributed by atoms with Crippen LogP contribution in [0.15, 0.2) is 42.5 Å². The van der Waals surface area contributed by atoms with Crippen molar-refractivity contribution in [1.29, 1.82) is 0 Å². The number of hydrogen-bond acceptors (Lipinski definition) is 5. The van der Waals surface area contributed by atoms with E-state index in [9.17, 15) is 4.79 Å². The molecule has 6 heteroatoms. The first kappa shape index (κ1) is 20.9. The molecular weight excluding hydrogens is 390 g/mol. The minimum atomic E-state index is -0.143. The molecule has 0 saturated carbocycles. The van der Waals surface area contributed by atoms with Crippen LogP contribution in [0.4, 0.5) is 0 Å². The molecule has 4 nitrogen and oxygen atoms in total. The molecule has 1 fully saturated rings. The summed E-state index contributed by atoms with van der Waals surface area (Å²) in [5.41, 5.74) is 2.93. The molecule has 0 spiro atoms. The third-order valence-electron chi connectivity index (χ3n) is 4.46. The Labute approximate surface area is 175 Å². The van der Waals surface area contributed by atoms with Gasteiger partial charge < -0.3 is 14.8 Å². The van der Waals surface area contributed by atoms with Crippen molar-refractivity contribution in [3.8, 4) is 11.5 Å². The van der Waals surface area contributed by atoms with Crippen LogP contribution in [-0.4, -0.2) is 30.6 Å². The first-order chi connectivity index (χ1) is 13.5. The molecule has 2 aromatic rings. The second kappa shape index (κ2) is 9.61. The lowest BCUT2D eigenvalue weighted by Crippen LogP contribution is -2.26. The fourth-order valence-electron chi connectivity index (χ4n) is 3.01. The summed E-state index contributed by atoms with van der Waals surface area (Å²) in [6.45, 7) is 5.92. The number of benzene rings is 2. The van der Waals surface area contributed by atoms with Gasteiger partial charge in [0, 0.05) is 17.1 Å². The normalized spacial score (nSPS) is 15.5. The third kappa shape index (κ3) is 5.17. The van der Waals surface area contributed by atoms with E-state index in [-0.39, 0.29) is 18.1 Å². The summed E-state index contributed by atoms with van der Waals surface area (Å²) in [4.78, 5) is 12.7. The Morgan fingerprint density at radius 3 is 2.32 bits per heavy atom. The van der Waals surface area contributed by atoms with Gasteiger partial charge in [0.25, 0.3) is 5.91 Å². The minimum Gasteiger partial charge on any atom is -0.493 e. The number of carbonyl (C=O) groups excluding carboxylic acids is 1. The quantitative estimate of drug-likeness (QED) is 0.649. The lowest BCUT2D eigenvalue weighted by atomic mass is 10.1. The van der Waals surface area contributed by atoms with E-state index in [1.165, 1.54) is 17.1 Å². The maximum absolute atomic E-state index is 12.7. The summed E-state index contributed by atoms with van der Waals surface area (Å²) >= 11 is 3.93. The van der Waals surface area contributed by atoms with E-state index in [2.05, 4.69) is 17.4 Å². The molecule has 1 saturated heterocycles. The van der Waals surface area contributed by atoms with Gasteiger partial charge in [0.15, 0.2) is 11.5 Å². The van der Waals surface area contributed by atoms with Crippen molar-refractivity contribution >= 4 is 29.4 Å². The van der Waals surface area contributed by atoms with Crippen LogP contribution >= 0.6 is 23.5 Å². The SMILES string of the molecule is COc1cc(C(C)NC(=O)c2ccc(C3SCCS3)cc2)ccc1OC(C)C. The topological polar surface area (TPSA) is 47.6 Å². The summed E-state index contributed by atoms with van der Waals surface area (Å²) in [7, 11) is 1.62. The Balaban J connectivity index is 1.66. The van der Waals surface area contributed by atoms with Crippen LogP contribution in [0, 0.1) is 0 Å². The highest BCUT2D eigenvalue weighted by Gasteiger charge is 2.19. The van der Waals surface area contributed by atoms with E-state index >= 15 is 0 Å². The van der Waals surface area contributed by atoms with Crippen molar-refractivity contribution in [3.63, 3.8) is 0 Å². The van der Waals surface area contributed by atoms with E-state index in [1.807, 2.05) is 74.6 Å². The van der Waals surface area contributed by atoms with Crippen LogP contribution < -0.4 is 14.8 Å². The first-order valence-corrected chi connectivity index (χ1v) is 11.6. The van der Waals surface area contributed by atoms with Gasteiger partial charge in [0.2, 0.25) is 0 Å². The molecule has 1 aliphatic rings. The molecule has 1 amide bonds. The molecule has 0 radical (unpaired) electrons. The molecule has 28 heavy (non-hydrogen) atoms. The molecular formula is C22H27NO3S2. The van der Waals surface area contributed by atoms with Gasteiger partial charge in [-0.3, -0.25) is 4.79 Å². The number of nitrogens with one attached hydrogen (secondary N) is 1. The molecule has 1 heterocycles. The van der Waals surface area contributed by atoms with Gasteiger partial charge >= 0.3 is 0 Å².